The molecule has 0 aliphatic carbocycles. The van der Waals surface area contributed by atoms with Gasteiger partial charge in [0.2, 0.25) is 0 Å². The molecular formula is C20H16Cl2N2O6. The number of carbonyl (C=O) groups excluding carboxylic acids is 1. The number of hydrogen-bond donors (Lipinski definition) is 3. The molecule has 1 aliphatic rings. The Labute approximate surface area is 181 Å². The van der Waals surface area contributed by atoms with Crippen molar-refractivity contribution < 1.29 is 29.3 Å². The van der Waals surface area contributed by atoms with Gasteiger partial charge in [-0.3, -0.25) is 4.79 Å². The minimum atomic E-state index is -1.47. The first-order valence-corrected chi connectivity index (χ1v) is 9.38. The fourth-order valence-corrected chi connectivity index (χ4v) is 3.68. The molecule has 1 amide bonds. The number of carbonyl (C=O) groups is 3. The van der Waals surface area contributed by atoms with Crippen LogP contribution in [0.3, 0.4) is 0 Å². The SMILES string of the molecule is CN(C(=O)/C=C1\CC(OC(=O)O)Nc2cc(Cl)cc(Cl)c21)c1ccc(C(=O)O)cc1. The number of nitrogens with one attached hydrogen (secondary N) is 1. The molecule has 3 N–H and O–H groups in total. The molecule has 10 heteroatoms. The molecule has 156 valence electrons. The number of rotatable bonds is 4. The topological polar surface area (TPSA) is 116 Å². The zero-order valence-corrected chi connectivity index (χ0v) is 17.1. The Balaban J connectivity index is 1.94. The van der Waals surface area contributed by atoms with Crippen molar-refractivity contribution in [2.24, 2.45) is 0 Å². The molecule has 1 aliphatic heterocycles. The highest BCUT2D eigenvalue weighted by atomic mass is 35.5. The van der Waals surface area contributed by atoms with Crippen LogP contribution in [0.15, 0.2) is 42.5 Å². The average molecular weight is 451 g/mol. The highest BCUT2D eigenvalue weighted by Crippen LogP contribution is 2.40. The van der Waals surface area contributed by atoms with Gasteiger partial charge in [0, 0.05) is 41.5 Å². The molecule has 2 aromatic rings. The van der Waals surface area contributed by atoms with Gasteiger partial charge in [-0.2, -0.15) is 0 Å². The number of carboxylic acid groups (broad SMARTS) is 2. The Morgan fingerprint density at radius 3 is 2.43 bits per heavy atom. The highest BCUT2D eigenvalue weighted by molar-refractivity contribution is 6.36. The third-order valence-corrected chi connectivity index (χ3v) is 4.99. The van der Waals surface area contributed by atoms with Crippen molar-refractivity contribution in [1.29, 1.82) is 0 Å². The van der Waals surface area contributed by atoms with Crippen LogP contribution >= 0.6 is 23.2 Å². The molecule has 1 unspecified atom stereocenters. The molecule has 0 saturated heterocycles. The van der Waals surface area contributed by atoms with Crippen LogP contribution in [0.25, 0.3) is 5.57 Å². The van der Waals surface area contributed by atoms with Crippen LogP contribution in [-0.2, 0) is 9.53 Å². The van der Waals surface area contributed by atoms with Gasteiger partial charge >= 0.3 is 12.1 Å². The monoisotopic (exact) mass is 450 g/mol. The summed E-state index contributed by atoms with van der Waals surface area (Å²) in [5, 5.41) is 21.5. The lowest BCUT2D eigenvalue weighted by Gasteiger charge is -2.29. The van der Waals surface area contributed by atoms with Crippen LogP contribution in [0, 0.1) is 0 Å². The Kier molecular flexibility index (Phi) is 6.19. The number of halogens is 2. The summed E-state index contributed by atoms with van der Waals surface area (Å²) in [5.41, 5.74) is 2.02. The number of benzene rings is 2. The second-order valence-corrected chi connectivity index (χ2v) is 7.29. The van der Waals surface area contributed by atoms with Crippen molar-refractivity contribution in [2.45, 2.75) is 12.6 Å². The summed E-state index contributed by atoms with van der Waals surface area (Å²) in [6.45, 7) is 0. The van der Waals surface area contributed by atoms with Gasteiger partial charge in [-0.05, 0) is 42.0 Å². The van der Waals surface area contributed by atoms with E-state index < -0.39 is 24.3 Å². The second kappa shape index (κ2) is 8.64. The molecule has 2 aromatic carbocycles. The molecule has 8 nitrogen and oxygen atoms in total. The maximum Gasteiger partial charge on any atom is 0.507 e. The number of carboxylic acids is 1. The summed E-state index contributed by atoms with van der Waals surface area (Å²) in [6.07, 6.45) is -0.991. The van der Waals surface area contributed by atoms with Crippen molar-refractivity contribution in [3.8, 4) is 0 Å². The average Bonchev–Trinajstić information content (AvgIpc) is 2.66. The van der Waals surface area contributed by atoms with Gasteiger partial charge in [0.25, 0.3) is 5.91 Å². The maximum absolute atomic E-state index is 12.8. The Morgan fingerprint density at radius 1 is 1.17 bits per heavy atom. The number of anilines is 2. The molecule has 1 atom stereocenters. The van der Waals surface area contributed by atoms with Crippen molar-refractivity contribution >= 4 is 58.2 Å². The van der Waals surface area contributed by atoms with Gasteiger partial charge in [-0.1, -0.05) is 23.2 Å². The first-order chi connectivity index (χ1) is 14.2. The lowest BCUT2D eigenvalue weighted by molar-refractivity contribution is -0.113. The van der Waals surface area contributed by atoms with E-state index in [1.54, 1.807) is 6.07 Å². The first-order valence-electron chi connectivity index (χ1n) is 8.63. The molecule has 0 bridgehead atoms. The molecule has 0 fully saturated rings. The van der Waals surface area contributed by atoms with Gasteiger partial charge < -0.3 is 25.2 Å². The molecule has 30 heavy (non-hydrogen) atoms. The highest BCUT2D eigenvalue weighted by Gasteiger charge is 2.28. The van der Waals surface area contributed by atoms with Crippen LogP contribution in [0.2, 0.25) is 10.0 Å². The fourth-order valence-electron chi connectivity index (χ4n) is 3.06. The minimum absolute atomic E-state index is 0.0676. The van der Waals surface area contributed by atoms with E-state index in [1.807, 2.05) is 0 Å². The number of ether oxygens (including phenoxy) is 1. The summed E-state index contributed by atoms with van der Waals surface area (Å²) < 4.78 is 4.82. The maximum atomic E-state index is 12.8. The van der Waals surface area contributed by atoms with E-state index in [9.17, 15) is 14.4 Å². The minimum Gasteiger partial charge on any atom is -0.478 e. The predicted molar refractivity (Wildman–Crippen MR) is 112 cm³/mol. The van der Waals surface area contributed by atoms with Crippen molar-refractivity contribution in [3.63, 3.8) is 0 Å². The van der Waals surface area contributed by atoms with Crippen molar-refractivity contribution in [1.82, 2.24) is 0 Å². The lowest BCUT2D eigenvalue weighted by Crippen LogP contribution is -2.31. The standard InChI is InChI=1S/C20H16Cl2N2O6/c1-24(13-4-2-10(3-5-13)19(26)27)17(25)7-11-6-16(30-20(28)29)23-15-9-12(21)8-14(22)18(11)15/h2-5,7-9,16,23H,6H2,1H3,(H,26,27)(H,28,29)/b11-7+. The zero-order valence-electron chi connectivity index (χ0n) is 15.6. The number of hydrogen-bond acceptors (Lipinski definition) is 5. The number of aromatic carboxylic acids is 1. The third kappa shape index (κ3) is 4.67. The van der Waals surface area contributed by atoms with E-state index in [0.717, 1.165) is 0 Å². The van der Waals surface area contributed by atoms with E-state index in [4.69, 9.17) is 38.2 Å². The van der Waals surface area contributed by atoms with Gasteiger partial charge in [0.15, 0.2) is 6.23 Å². The van der Waals surface area contributed by atoms with Crippen LogP contribution < -0.4 is 10.2 Å². The first kappa shape index (κ1) is 21.5. The second-order valence-electron chi connectivity index (χ2n) is 6.45. The molecule has 0 radical (unpaired) electrons. The lowest BCUT2D eigenvalue weighted by atomic mass is 9.95. The van der Waals surface area contributed by atoms with E-state index in [1.165, 1.54) is 48.4 Å². The smallest absolute Gasteiger partial charge is 0.478 e. The summed E-state index contributed by atoms with van der Waals surface area (Å²) in [6, 6.07) is 8.90. The van der Waals surface area contributed by atoms with Gasteiger partial charge in [0.1, 0.15) is 0 Å². The number of nitrogens with zero attached hydrogens (tertiary/aromatic N) is 1. The van der Waals surface area contributed by atoms with Crippen LogP contribution in [0.1, 0.15) is 22.3 Å². The Morgan fingerprint density at radius 2 is 1.83 bits per heavy atom. The summed E-state index contributed by atoms with van der Waals surface area (Å²) >= 11 is 12.4. The zero-order chi connectivity index (χ0) is 22.0. The summed E-state index contributed by atoms with van der Waals surface area (Å²) in [4.78, 5) is 36.1. The largest absolute Gasteiger partial charge is 0.507 e. The summed E-state index contributed by atoms with van der Waals surface area (Å²) in [7, 11) is 1.53. The van der Waals surface area contributed by atoms with E-state index in [0.29, 0.717) is 32.6 Å². The van der Waals surface area contributed by atoms with Crippen molar-refractivity contribution in [3.05, 3.63) is 63.6 Å². The van der Waals surface area contributed by atoms with Gasteiger partial charge in [-0.25, -0.2) is 9.59 Å². The number of likely N-dealkylation sites (N-methyl/N-ethyl adjacent to an activating group) is 1. The third-order valence-electron chi connectivity index (χ3n) is 4.47. The van der Waals surface area contributed by atoms with E-state index in [2.05, 4.69) is 5.32 Å². The molecule has 0 saturated carbocycles. The van der Waals surface area contributed by atoms with Gasteiger partial charge in [-0.15, -0.1) is 0 Å². The molecular weight excluding hydrogens is 435 g/mol. The van der Waals surface area contributed by atoms with Crippen LogP contribution in [-0.4, -0.2) is 41.5 Å². The number of amides is 1. The molecule has 0 aromatic heterocycles. The fraction of sp³-hybridized carbons (Fsp3) is 0.150. The quantitative estimate of drug-likeness (QED) is 0.461. The predicted octanol–water partition coefficient (Wildman–Crippen LogP) is 4.57. The molecule has 3 rings (SSSR count). The molecule has 1 heterocycles. The van der Waals surface area contributed by atoms with Crippen LogP contribution in [0.4, 0.5) is 16.2 Å². The van der Waals surface area contributed by atoms with Crippen LogP contribution in [0.5, 0.6) is 0 Å². The normalized spacial score (nSPS) is 16.4. The Hall–Kier alpha value is -3.23. The Bertz CT molecular complexity index is 1050. The number of fused-ring (bicyclic) bond motifs is 1. The molecule has 0 spiro atoms. The van der Waals surface area contributed by atoms with Gasteiger partial charge in [0.05, 0.1) is 10.6 Å². The van der Waals surface area contributed by atoms with Crippen molar-refractivity contribution in [2.75, 3.05) is 17.3 Å². The summed E-state index contributed by atoms with van der Waals surface area (Å²) in [5.74, 6) is -1.48. The van der Waals surface area contributed by atoms with E-state index in [-0.39, 0.29) is 12.0 Å². The van der Waals surface area contributed by atoms with E-state index >= 15 is 0 Å².